The molecule has 0 N–H and O–H groups in total. The van der Waals surface area contributed by atoms with Crippen LogP contribution in [-0.2, 0) is 4.79 Å². The number of carbonyl (C=O) groups excluding carboxylic acids is 3. The second-order valence-electron chi connectivity index (χ2n) is 5.66. The molecule has 0 amide bonds. The van der Waals surface area contributed by atoms with Crippen molar-refractivity contribution in [2.75, 3.05) is 0 Å². The molecule has 0 aromatic heterocycles. The second-order valence-corrected chi connectivity index (χ2v) is 8.90. The van der Waals surface area contributed by atoms with Gasteiger partial charge >= 0.3 is 0 Å². The number of hydrogen-bond acceptors (Lipinski definition) is 4. The minimum absolute atomic E-state index is 0.0674. The van der Waals surface area contributed by atoms with E-state index < -0.39 is 9.84 Å². The van der Waals surface area contributed by atoms with Gasteiger partial charge in [-0.3, -0.25) is 14.4 Å². The van der Waals surface area contributed by atoms with Crippen LogP contribution >= 0.6 is 57.8 Å². The molecule has 0 saturated carbocycles. The van der Waals surface area contributed by atoms with Crippen molar-refractivity contribution in [2.45, 2.75) is 14.3 Å². The Morgan fingerprint density at radius 1 is 0.885 bits per heavy atom. The zero-order valence-corrected chi connectivity index (χ0v) is 18.9. The molecule has 2 aromatic rings. The quantitative estimate of drug-likeness (QED) is 0.147. The van der Waals surface area contributed by atoms with E-state index in [0.717, 1.165) is 0 Å². The topological polar surface area (TPSA) is 51.2 Å². The first kappa shape index (κ1) is 21.6. The molecule has 0 aliphatic heterocycles. The highest BCUT2D eigenvalue weighted by molar-refractivity contribution is 14.1. The molecule has 0 saturated heterocycles. The first-order valence-electron chi connectivity index (χ1n) is 7.92. The highest BCUT2D eigenvalue weighted by atomic mass is 127. The van der Waals surface area contributed by atoms with Gasteiger partial charge in [0, 0.05) is 27.2 Å². The van der Waals surface area contributed by atoms with Crippen molar-refractivity contribution in [1.82, 2.24) is 0 Å². The maximum absolute atomic E-state index is 13.0. The third-order valence-corrected chi connectivity index (χ3v) is 6.90. The fourth-order valence-corrected chi connectivity index (χ4v) is 4.14. The summed E-state index contributed by atoms with van der Waals surface area (Å²) >= 11 is 8.15. The van der Waals surface area contributed by atoms with Crippen LogP contribution in [0.3, 0.4) is 0 Å². The van der Waals surface area contributed by atoms with Gasteiger partial charge in [-0.15, -0.1) is 0 Å². The highest BCUT2D eigenvalue weighted by Gasteiger charge is 2.37. The molecule has 0 fully saturated rings. The molecule has 2 rings (SSSR count). The Bertz CT molecular complexity index is 765. The van der Waals surface area contributed by atoms with Crippen LogP contribution in [0, 0.1) is 11.7 Å². The van der Waals surface area contributed by atoms with E-state index in [1.54, 1.807) is 54.3 Å². The first-order chi connectivity index (χ1) is 12.5. The van der Waals surface area contributed by atoms with Gasteiger partial charge in [-0.2, -0.15) is 12.6 Å². The maximum atomic E-state index is 13.0. The maximum Gasteiger partial charge on any atom is 0.174 e. The van der Waals surface area contributed by atoms with Crippen molar-refractivity contribution in [3.05, 3.63) is 77.5 Å². The van der Waals surface area contributed by atoms with Gasteiger partial charge in [-0.25, -0.2) is 0 Å². The van der Waals surface area contributed by atoms with E-state index in [1.165, 1.54) is 0 Å². The molecule has 6 heteroatoms. The third kappa shape index (κ3) is 5.63. The number of rotatable bonds is 9. The molecule has 3 atom stereocenters. The Morgan fingerprint density at radius 2 is 1.38 bits per heavy atom. The lowest BCUT2D eigenvalue weighted by atomic mass is 9.88. The predicted molar refractivity (Wildman–Crippen MR) is 124 cm³/mol. The number of alkyl halides is 2. The van der Waals surface area contributed by atoms with Gasteiger partial charge in [0.05, 0.1) is 9.84 Å². The second kappa shape index (κ2) is 10.6. The van der Waals surface area contributed by atoms with Gasteiger partial charge in [0.2, 0.25) is 0 Å². The average molecular weight is 591 g/mol. The molecule has 0 aliphatic carbocycles. The van der Waals surface area contributed by atoms with Crippen LogP contribution in [0.5, 0.6) is 0 Å². The number of ketones is 3. The molecular weight excluding hydrogens is 574 g/mol. The molecule has 0 aliphatic rings. The van der Waals surface area contributed by atoms with Crippen LogP contribution in [0.15, 0.2) is 60.7 Å². The van der Waals surface area contributed by atoms with Crippen molar-refractivity contribution in [1.29, 1.82) is 0 Å². The van der Waals surface area contributed by atoms with Gasteiger partial charge in [0.25, 0.3) is 0 Å². The van der Waals surface area contributed by atoms with Gasteiger partial charge in [0.1, 0.15) is 0 Å². The summed E-state index contributed by atoms with van der Waals surface area (Å²) in [6.45, 7) is 0. The fourth-order valence-electron chi connectivity index (χ4n) is 2.50. The lowest BCUT2D eigenvalue weighted by molar-refractivity contribution is -0.120. The SMILES string of the molecule is O=C(CC(I)C(=O)C(C(=O)c1ccccc1)C(I)[CH]S)c1ccccc1. The van der Waals surface area contributed by atoms with Crippen LogP contribution in [-0.4, -0.2) is 25.2 Å². The number of thiol groups is 1. The Morgan fingerprint density at radius 3 is 1.88 bits per heavy atom. The minimum atomic E-state index is -0.860. The molecule has 2 aromatic carbocycles. The Hall–Kier alpha value is -0.740. The number of benzene rings is 2. The standard InChI is InChI=1S/C20H17I2O3S/c21-15(11-17(23)13-7-3-1-4-8-13)20(25)18(16(22)12-26)19(24)14-9-5-2-6-10-14/h1-10,12,15-16,18,26H,11H2. The van der Waals surface area contributed by atoms with Crippen molar-refractivity contribution < 1.29 is 14.4 Å². The molecule has 0 heterocycles. The molecular formula is C20H17I2O3S. The Labute approximate surface area is 186 Å². The van der Waals surface area contributed by atoms with Gasteiger partial charge in [0.15, 0.2) is 17.3 Å². The molecule has 0 bridgehead atoms. The Balaban J connectivity index is 2.18. The highest BCUT2D eigenvalue weighted by Crippen LogP contribution is 2.28. The van der Waals surface area contributed by atoms with E-state index in [2.05, 4.69) is 12.6 Å². The minimum Gasteiger partial charge on any atom is -0.298 e. The number of Topliss-reactive ketones (excluding diaryl/α,β-unsaturated/α-hetero) is 3. The van der Waals surface area contributed by atoms with E-state index >= 15 is 0 Å². The zero-order valence-electron chi connectivity index (χ0n) is 13.7. The number of carbonyl (C=O) groups is 3. The van der Waals surface area contributed by atoms with E-state index in [0.29, 0.717) is 11.1 Å². The average Bonchev–Trinajstić information content (AvgIpc) is 2.68. The monoisotopic (exact) mass is 591 g/mol. The van der Waals surface area contributed by atoms with Crippen molar-refractivity contribution in [3.8, 4) is 0 Å². The predicted octanol–water partition coefficient (Wildman–Crippen LogP) is 5.03. The van der Waals surface area contributed by atoms with Crippen LogP contribution in [0.4, 0.5) is 0 Å². The number of hydrogen-bond donors (Lipinski definition) is 1. The lowest BCUT2D eigenvalue weighted by Crippen LogP contribution is -2.37. The summed E-state index contributed by atoms with van der Waals surface area (Å²) in [6, 6.07) is 17.6. The summed E-state index contributed by atoms with van der Waals surface area (Å²) in [5.74, 6) is 0.0967. The Kier molecular flexibility index (Phi) is 8.75. The molecule has 0 spiro atoms. The van der Waals surface area contributed by atoms with E-state index in [9.17, 15) is 14.4 Å². The largest absolute Gasteiger partial charge is 0.298 e. The normalized spacial score (nSPS) is 14.3. The van der Waals surface area contributed by atoms with Gasteiger partial charge in [-0.1, -0.05) is 106 Å². The number of halogens is 2. The van der Waals surface area contributed by atoms with Crippen molar-refractivity contribution in [2.24, 2.45) is 5.92 Å². The summed E-state index contributed by atoms with van der Waals surface area (Å²) in [6.07, 6.45) is 0.0674. The summed E-state index contributed by atoms with van der Waals surface area (Å²) in [4.78, 5) is 38.3. The lowest BCUT2D eigenvalue weighted by Gasteiger charge is -2.21. The van der Waals surface area contributed by atoms with Crippen molar-refractivity contribution in [3.63, 3.8) is 0 Å². The van der Waals surface area contributed by atoms with Gasteiger partial charge < -0.3 is 0 Å². The van der Waals surface area contributed by atoms with E-state index in [4.69, 9.17) is 0 Å². The van der Waals surface area contributed by atoms with Crippen LogP contribution in [0.2, 0.25) is 0 Å². The molecule has 3 unspecified atom stereocenters. The smallest absolute Gasteiger partial charge is 0.174 e. The third-order valence-electron chi connectivity index (χ3n) is 3.88. The summed E-state index contributed by atoms with van der Waals surface area (Å²) in [5, 5.41) is 0. The summed E-state index contributed by atoms with van der Waals surface area (Å²) < 4.78 is -0.941. The van der Waals surface area contributed by atoms with Crippen LogP contribution < -0.4 is 0 Å². The summed E-state index contributed by atoms with van der Waals surface area (Å²) in [7, 11) is 0. The fraction of sp³-hybridized carbons (Fsp3) is 0.200. The van der Waals surface area contributed by atoms with Crippen molar-refractivity contribution >= 4 is 75.2 Å². The van der Waals surface area contributed by atoms with Crippen LogP contribution in [0.25, 0.3) is 0 Å². The zero-order chi connectivity index (χ0) is 19.1. The van der Waals surface area contributed by atoms with E-state index in [1.807, 2.05) is 57.3 Å². The molecule has 135 valence electrons. The van der Waals surface area contributed by atoms with E-state index in [-0.39, 0.29) is 27.7 Å². The molecule has 1 radical (unpaired) electrons. The first-order valence-corrected chi connectivity index (χ1v) is 10.9. The van der Waals surface area contributed by atoms with Gasteiger partial charge in [-0.05, 0) is 0 Å². The molecule has 3 nitrogen and oxygen atoms in total. The van der Waals surface area contributed by atoms with Crippen LogP contribution in [0.1, 0.15) is 27.1 Å². The molecule has 26 heavy (non-hydrogen) atoms. The summed E-state index contributed by atoms with van der Waals surface area (Å²) in [5.41, 5.74) is 1.06.